The van der Waals surface area contributed by atoms with Crippen LogP contribution in [0.3, 0.4) is 0 Å². The molecule has 0 aromatic carbocycles. The Morgan fingerprint density at radius 1 is 1.08 bits per heavy atom. The maximum atomic E-state index is 4.46. The van der Waals surface area contributed by atoms with Crippen LogP contribution < -0.4 is 9.80 Å². The zero-order chi connectivity index (χ0) is 17.9. The van der Waals surface area contributed by atoms with Gasteiger partial charge in [0.2, 0.25) is 5.82 Å². The standard InChI is InChI=1S/C19H36N6/c1-5-17(18-20-21-22-25(18)19(3,4)6-2)24-14-12-23(13-15-24)16-10-8-7-9-11-16/h16-17H,5-15H2,1-4H3/p+2/t17-/m1/s1. The molecule has 1 saturated carbocycles. The molecule has 2 heterocycles. The predicted octanol–water partition coefficient (Wildman–Crippen LogP) is 0.385. The molecule has 1 aromatic heterocycles. The highest BCUT2D eigenvalue weighted by Gasteiger charge is 2.37. The van der Waals surface area contributed by atoms with Gasteiger partial charge in [0.05, 0.1) is 11.6 Å². The van der Waals surface area contributed by atoms with Crippen molar-refractivity contribution in [2.24, 2.45) is 0 Å². The van der Waals surface area contributed by atoms with Crippen molar-refractivity contribution in [1.29, 1.82) is 0 Å². The molecular weight excluding hydrogens is 312 g/mol. The molecule has 2 fully saturated rings. The number of piperazine rings is 1. The third-order valence-corrected chi connectivity index (χ3v) is 6.86. The van der Waals surface area contributed by atoms with Crippen LogP contribution in [0.1, 0.15) is 84.5 Å². The van der Waals surface area contributed by atoms with Crippen molar-refractivity contribution < 1.29 is 9.80 Å². The van der Waals surface area contributed by atoms with Gasteiger partial charge < -0.3 is 9.80 Å². The van der Waals surface area contributed by atoms with Crippen molar-refractivity contribution in [1.82, 2.24) is 20.2 Å². The topological polar surface area (TPSA) is 52.5 Å². The van der Waals surface area contributed by atoms with E-state index < -0.39 is 0 Å². The Morgan fingerprint density at radius 3 is 2.36 bits per heavy atom. The maximum absolute atomic E-state index is 4.46. The lowest BCUT2D eigenvalue weighted by atomic mass is 9.93. The second-order valence-corrected chi connectivity index (χ2v) is 8.73. The molecule has 0 unspecified atom stereocenters. The van der Waals surface area contributed by atoms with E-state index in [1.807, 2.05) is 4.90 Å². The molecule has 1 aromatic rings. The molecule has 1 aliphatic heterocycles. The summed E-state index contributed by atoms with van der Waals surface area (Å²) in [5, 5.41) is 12.8. The maximum Gasteiger partial charge on any atom is 0.209 e. The number of nitrogens with zero attached hydrogens (tertiary/aromatic N) is 4. The van der Waals surface area contributed by atoms with Crippen LogP contribution >= 0.6 is 0 Å². The summed E-state index contributed by atoms with van der Waals surface area (Å²) in [5.74, 6) is 1.09. The summed E-state index contributed by atoms with van der Waals surface area (Å²) in [6.45, 7) is 14.1. The molecule has 3 rings (SSSR count). The first-order chi connectivity index (χ1) is 12.1. The Balaban J connectivity index is 1.66. The Labute approximate surface area is 152 Å². The zero-order valence-corrected chi connectivity index (χ0v) is 16.7. The molecule has 6 heteroatoms. The van der Waals surface area contributed by atoms with Crippen molar-refractivity contribution in [3.63, 3.8) is 0 Å². The van der Waals surface area contributed by atoms with Crippen LogP contribution in [0.5, 0.6) is 0 Å². The summed E-state index contributed by atoms with van der Waals surface area (Å²) < 4.78 is 2.09. The van der Waals surface area contributed by atoms with Crippen LogP contribution in [-0.4, -0.2) is 52.4 Å². The molecule has 6 nitrogen and oxygen atoms in total. The molecule has 0 bridgehead atoms. The van der Waals surface area contributed by atoms with Crippen molar-refractivity contribution in [3.05, 3.63) is 5.82 Å². The van der Waals surface area contributed by atoms with Gasteiger partial charge in [-0.15, -0.1) is 5.10 Å². The summed E-state index contributed by atoms with van der Waals surface area (Å²) in [5.41, 5.74) is -0.0130. The zero-order valence-electron chi connectivity index (χ0n) is 16.7. The number of tetrazole rings is 1. The molecule has 2 N–H and O–H groups in total. The number of quaternary nitrogens is 2. The number of nitrogens with one attached hydrogen (secondary N) is 2. The van der Waals surface area contributed by atoms with E-state index in [1.165, 1.54) is 58.3 Å². The van der Waals surface area contributed by atoms with Gasteiger partial charge in [-0.25, -0.2) is 4.68 Å². The van der Waals surface area contributed by atoms with Gasteiger partial charge in [0.25, 0.3) is 0 Å². The third-order valence-electron chi connectivity index (χ3n) is 6.86. The van der Waals surface area contributed by atoms with Gasteiger partial charge in [0, 0.05) is 6.42 Å². The second kappa shape index (κ2) is 8.12. The predicted molar refractivity (Wildman–Crippen MR) is 98.7 cm³/mol. The Hall–Kier alpha value is -1.01. The van der Waals surface area contributed by atoms with Crippen LogP contribution in [0.15, 0.2) is 0 Å². The van der Waals surface area contributed by atoms with Crippen LogP contribution in [0.4, 0.5) is 0 Å². The fraction of sp³-hybridized carbons (Fsp3) is 0.947. The van der Waals surface area contributed by atoms with E-state index in [0.717, 1.165) is 24.7 Å². The summed E-state index contributed by atoms with van der Waals surface area (Å²) in [7, 11) is 0. The van der Waals surface area contributed by atoms with Gasteiger partial charge in [-0.05, 0) is 56.4 Å². The first-order valence-electron chi connectivity index (χ1n) is 10.5. The highest BCUT2D eigenvalue weighted by Crippen LogP contribution is 2.22. The summed E-state index contributed by atoms with van der Waals surface area (Å²) in [6, 6.07) is 1.36. The minimum Gasteiger partial charge on any atom is -0.323 e. The lowest BCUT2D eigenvalue weighted by Crippen LogP contribution is -3.29. The van der Waals surface area contributed by atoms with Gasteiger partial charge in [-0.3, -0.25) is 0 Å². The minimum atomic E-state index is -0.0130. The van der Waals surface area contributed by atoms with Crippen molar-refractivity contribution in [3.8, 4) is 0 Å². The smallest absolute Gasteiger partial charge is 0.209 e. The number of hydrogen-bond acceptors (Lipinski definition) is 3. The van der Waals surface area contributed by atoms with Gasteiger partial charge in [-0.1, -0.05) is 20.3 Å². The van der Waals surface area contributed by atoms with Gasteiger partial charge in [0.15, 0.2) is 0 Å². The molecule has 1 aliphatic carbocycles. The first kappa shape index (κ1) is 18.8. The number of rotatable bonds is 6. The lowest BCUT2D eigenvalue weighted by molar-refractivity contribution is -1.04. The molecule has 0 spiro atoms. The van der Waals surface area contributed by atoms with Crippen molar-refractivity contribution in [2.75, 3.05) is 26.2 Å². The van der Waals surface area contributed by atoms with E-state index in [4.69, 9.17) is 0 Å². The van der Waals surface area contributed by atoms with Gasteiger partial charge >= 0.3 is 0 Å². The normalized spacial score (nSPS) is 27.4. The van der Waals surface area contributed by atoms with E-state index in [9.17, 15) is 0 Å². The largest absolute Gasteiger partial charge is 0.323 e. The van der Waals surface area contributed by atoms with Crippen LogP contribution in [0.2, 0.25) is 0 Å². The third kappa shape index (κ3) is 4.05. The Kier molecular flexibility index (Phi) is 6.10. The molecule has 0 radical (unpaired) electrons. The van der Waals surface area contributed by atoms with Crippen molar-refractivity contribution in [2.45, 2.75) is 90.3 Å². The minimum absolute atomic E-state index is 0.0130. The van der Waals surface area contributed by atoms with E-state index >= 15 is 0 Å². The number of aromatic nitrogens is 4. The summed E-state index contributed by atoms with van der Waals surface area (Å²) in [6.07, 6.45) is 9.39. The lowest BCUT2D eigenvalue weighted by Gasteiger charge is -2.38. The van der Waals surface area contributed by atoms with Crippen LogP contribution in [0.25, 0.3) is 0 Å². The Bertz CT molecular complexity index is 526. The average molecular weight is 351 g/mol. The molecule has 2 aliphatic rings. The van der Waals surface area contributed by atoms with Gasteiger partial charge in [0.1, 0.15) is 32.2 Å². The Morgan fingerprint density at radius 2 is 1.76 bits per heavy atom. The van der Waals surface area contributed by atoms with Crippen molar-refractivity contribution >= 4 is 0 Å². The van der Waals surface area contributed by atoms with E-state index in [0.29, 0.717) is 6.04 Å². The fourth-order valence-corrected chi connectivity index (χ4v) is 4.81. The molecule has 1 atom stereocenters. The summed E-state index contributed by atoms with van der Waals surface area (Å²) >= 11 is 0. The average Bonchev–Trinajstić information content (AvgIpc) is 3.14. The second-order valence-electron chi connectivity index (χ2n) is 8.73. The number of hydrogen-bond donors (Lipinski definition) is 2. The monoisotopic (exact) mass is 350 g/mol. The van der Waals surface area contributed by atoms with Gasteiger partial charge in [-0.2, -0.15) is 0 Å². The van der Waals surface area contributed by atoms with Crippen LogP contribution in [0, 0.1) is 0 Å². The quantitative estimate of drug-likeness (QED) is 0.780. The highest BCUT2D eigenvalue weighted by atomic mass is 15.6. The fourth-order valence-electron chi connectivity index (χ4n) is 4.81. The highest BCUT2D eigenvalue weighted by molar-refractivity contribution is 4.92. The van der Waals surface area contributed by atoms with Crippen LogP contribution in [-0.2, 0) is 5.54 Å². The van der Waals surface area contributed by atoms with E-state index in [-0.39, 0.29) is 5.54 Å². The first-order valence-corrected chi connectivity index (χ1v) is 10.5. The SMILES string of the molecule is CC[C@H](c1nnnn1C(C)(C)CC)[NH+]1CC[NH+](C2CCCCC2)CC1. The molecule has 142 valence electrons. The van der Waals surface area contributed by atoms with E-state index in [1.54, 1.807) is 4.90 Å². The molecule has 1 saturated heterocycles. The summed E-state index contributed by atoms with van der Waals surface area (Å²) in [4.78, 5) is 3.55. The van der Waals surface area contributed by atoms with E-state index in [2.05, 4.69) is 47.9 Å². The molecule has 0 amide bonds. The molecule has 25 heavy (non-hydrogen) atoms. The molecular formula is C19H38N6+2.